The maximum absolute atomic E-state index is 4.19. The van der Waals surface area contributed by atoms with E-state index >= 15 is 0 Å². The van der Waals surface area contributed by atoms with Gasteiger partial charge in [-0.1, -0.05) is 25.8 Å². The fraction of sp³-hybridized carbons (Fsp3) is 0.727. The summed E-state index contributed by atoms with van der Waals surface area (Å²) in [6.45, 7) is 2.26. The van der Waals surface area contributed by atoms with Crippen molar-refractivity contribution in [1.29, 1.82) is 0 Å². The van der Waals surface area contributed by atoms with Crippen LogP contribution in [0.15, 0.2) is 17.1 Å². The summed E-state index contributed by atoms with van der Waals surface area (Å²) in [5.74, 6) is 0.829. The van der Waals surface area contributed by atoms with Gasteiger partial charge in [0.1, 0.15) is 0 Å². The first-order chi connectivity index (χ1) is 5.86. The first-order valence-corrected chi connectivity index (χ1v) is 5.00. The molecule has 0 aliphatic heterocycles. The summed E-state index contributed by atoms with van der Waals surface area (Å²) < 4.78 is 0. The van der Waals surface area contributed by atoms with Crippen LogP contribution in [-0.2, 0) is 0 Å². The third-order valence-electron chi connectivity index (χ3n) is 2.55. The first kappa shape index (κ1) is 9.50. The second-order valence-electron chi connectivity index (χ2n) is 3.52. The summed E-state index contributed by atoms with van der Waals surface area (Å²) in [6, 6.07) is 0. The number of nitrogens with zero attached hydrogens (tertiary/aromatic N) is 1. The van der Waals surface area contributed by atoms with Crippen LogP contribution in [0.4, 0.5) is 0 Å². The third kappa shape index (κ3) is 2.80. The fourth-order valence-corrected chi connectivity index (χ4v) is 1.65. The van der Waals surface area contributed by atoms with E-state index < -0.39 is 0 Å². The Kier molecular flexibility index (Phi) is 4.06. The predicted molar refractivity (Wildman–Crippen MR) is 54.7 cm³/mol. The lowest BCUT2D eigenvalue weighted by atomic mass is 9.90. The topological polar surface area (TPSA) is 12.4 Å². The van der Waals surface area contributed by atoms with E-state index in [1.807, 2.05) is 7.05 Å². The summed E-state index contributed by atoms with van der Waals surface area (Å²) in [4.78, 5) is 4.19. The molecular formula is C11H19N. The molecule has 0 saturated heterocycles. The molecule has 0 saturated carbocycles. The molecule has 12 heavy (non-hydrogen) atoms. The Morgan fingerprint density at radius 3 is 2.92 bits per heavy atom. The molecule has 1 atom stereocenters. The monoisotopic (exact) mass is 165 g/mol. The van der Waals surface area contributed by atoms with Gasteiger partial charge in [0, 0.05) is 12.8 Å². The van der Waals surface area contributed by atoms with Gasteiger partial charge in [0.25, 0.3) is 0 Å². The Bertz CT molecular complexity index is 179. The van der Waals surface area contributed by atoms with Crippen LogP contribution >= 0.6 is 0 Å². The van der Waals surface area contributed by atoms with Crippen molar-refractivity contribution < 1.29 is 0 Å². The Hall–Kier alpha value is -0.590. The molecule has 0 spiro atoms. The summed E-state index contributed by atoms with van der Waals surface area (Å²) in [6.07, 6.45) is 11.1. The number of hydrogen-bond acceptors (Lipinski definition) is 1. The molecule has 0 fully saturated rings. The van der Waals surface area contributed by atoms with E-state index in [0.29, 0.717) is 0 Å². The second kappa shape index (κ2) is 5.13. The van der Waals surface area contributed by atoms with Gasteiger partial charge in [0.05, 0.1) is 0 Å². The molecule has 1 unspecified atom stereocenters. The molecule has 0 bridgehead atoms. The standard InChI is InChI=1S/C11H19N/c1-3-4-5-10-6-8-11(12-2)9-7-10/h6,8,10H,3-5,7,9H2,1-2H3. The van der Waals surface area contributed by atoms with E-state index in [9.17, 15) is 0 Å². The van der Waals surface area contributed by atoms with Crippen molar-refractivity contribution in [3.8, 4) is 0 Å². The second-order valence-corrected chi connectivity index (χ2v) is 3.52. The lowest BCUT2D eigenvalue weighted by Gasteiger charge is -2.16. The van der Waals surface area contributed by atoms with Crippen molar-refractivity contribution >= 4 is 5.71 Å². The predicted octanol–water partition coefficient (Wildman–Crippen LogP) is 3.21. The highest BCUT2D eigenvalue weighted by Crippen LogP contribution is 2.20. The molecule has 0 amide bonds. The minimum absolute atomic E-state index is 0.829. The highest BCUT2D eigenvalue weighted by molar-refractivity contribution is 5.95. The molecule has 0 aromatic carbocycles. The van der Waals surface area contributed by atoms with Gasteiger partial charge in [-0.3, -0.25) is 4.99 Å². The molecule has 0 heterocycles. The summed E-state index contributed by atoms with van der Waals surface area (Å²) in [5.41, 5.74) is 1.27. The number of unbranched alkanes of at least 4 members (excludes halogenated alkanes) is 1. The first-order valence-electron chi connectivity index (χ1n) is 5.00. The van der Waals surface area contributed by atoms with Crippen molar-refractivity contribution in [2.75, 3.05) is 7.05 Å². The number of allylic oxidation sites excluding steroid dienone is 2. The van der Waals surface area contributed by atoms with Crippen molar-refractivity contribution in [3.63, 3.8) is 0 Å². The molecule has 0 aromatic heterocycles. The SMILES string of the molecule is CCCCC1C=CC(=NC)CC1. The molecule has 1 rings (SSSR count). The molecule has 1 heteroatoms. The summed E-state index contributed by atoms with van der Waals surface area (Å²) >= 11 is 0. The molecule has 1 aliphatic carbocycles. The van der Waals surface area contributed by atoms with Gasteiger partial charge < -0.3 is 0 Å². The van der Waals surface area contributed by atoms with Crippen molar-refractivity contribution in [3.05, 3.63) is 12.2 Å². The zero-order valence-electron chi connectivity index (χ0n) is 8.21. The van der Waals surface area contributed by atoms with Gasteiger partial charge in [-0.25, -0.2) is 0 Å². The van der Waals surface area contributed by atoms with E-state index in [4.69, 9.17) is 0 Å². The highest BCUT2D eigenvalue weighted by atomic mass is 14.7. The molecule has 1 aliphatic rings. The van der Waals surface area contributed by atoms with Crippen molar-refractivity contribution in [1.82, 2.24) is 0 Å². The van der Waals surface area contributed by atoms with Crippen LogP contribution < -0.4 is 0 Å². The van der Waals surface area contributed by atoms with E-state index in [1.54, 1.807) is 0 Å². The smallest absolute Gasteiger partial charge is 0.0342 e. The van der Waals surface area contributed by atoms with Gasteiger partial charge in [0.2, 0.25) is 0 Å². The van der Waals surface area contributed by atoms with Gasteiger partial charge in [0.15, 0.2) is 0 Å². The van der Waals surface area contributed by atoms with Crippen molar-refractivity contribution in [2.24, 2.45) is 10.9 Å². The Labute approximate surface area is 75.6 Å². The number of rotatable bonds is 3. The zero-order chi connectivity index (χ0) is 8.81. The van der Waals surface area contributed by atoms with Crippen LogP contribution in [0.3, 0.4) is 0 Å². The van der Waals surface area contributed by atoms with Gasteiger partial charge in [-0.15, -0.1) is 0 Å². The Morgan fingerprint density at radius 2 is 2.42 bits per heavy atom. The van der Waals surface area contributed by atoms with Crippen LogP contribution in [0.1, 0.15) is 39.0 Å². The van der Waals surface area contributed by atoms with E-state index in [0.717, 1.165) is 5.92 Å². The Morgan fingerprint density at radius 1 is 1.58 bits per heavy atom. The summed E-state index contributed by atoms with van der Waals surface area (Å²) in [7, 11) is 1.88. The van der Waals surface area contributed by atoms with E-state index in [1.165, 1.54) is 37.8 Å². The lowest BCUT2D eigenvalue weighted by molar-refractivity contribution is 0.522. The quantitative estimate of drug-likeness (QED) is 0.609. The molecule has 0 radical (unpaired) electrons. The van der Waals surface area contributed by atoms with E-state index in [-0.39, 0.29) is 0 Å². The molecule has 0 aromatic rings. The van der Waals surface area contributed by atoms with Gasteiger partial charge in [-0.05, 0) is 31.3 Å². The van der Waals surface area contributed by atoms with Crippen LogP contribution in [-0.4, -0.2) is 12.8 Å². The molecule has 1 nitrogen and oxygen atoms in total. The minimum Gasteiger partial charge on any atom is -0.293 e. The average Bonchev–Trinajstić information content (AvgIpc) is 2.15. The van der Waals surface area contributed by atoms with E-state index in [2.05, 4.69) is 24.1 Å². The van der Waals surface area contributed by atoms with Crippen LogP contribution in [0.5, 0.6) is 0 Å². The van der Waals surface area contributed by atoms with Gasteiger partial charge in [-0.2, -0.15) is 0 Å². The fourth-order valence-electron chi connectivity index (χ4n) is 1.65. The highest BCUT2D eigenvalue weighted by Gasteiger charge is 2.10. The van der Waals surface area contributed by atoms with Crippen LogP contribution in [0.2, 0.25) is 0 Å². The third-order valence-corrected chi connectivity index (χ3v) is 2.55. The Balaban J connectivity index is 2.33. The normalized spacial score (nSPS) is 26.5. The number of hydrogen-bond donors (Lipinski definition) is 0. The van der Waals surface area contributed by atoms with Gasteiger partial charge >= 0.3 is 0 Å². The maximum Gasteiger partial charge on any atom is 0.0342 e. The molecule has 68 valence electrons. The van der Waals surface area contributed by atoms with Crippen molar-refractivity contribution in [2.45, 2.75) is 39.0 Å². The zero-order valence-corrected chi connectivity index (χ0v) is 8.21. The van der Waals surface area contributed by atoms with Crippen LogP contribution in [0.25, 0.3) is 0 Å². The minimum atomic E-state index is 0.829. The largest absolute Gasteiger partial charge is 0.293 e. The average molecular weight is 165 g/mol. The molecule has 0 N–H and O–H groups in total. The van der Waals surface area contributed by atoms with Crippen LogP contribution in [0, 0.1) is 5.92 Å². The number of aliphatic imine (C=N–C) groups is 1. The summed E-state index contributed by atoms with van der Waals surface area (Å²) in [5, 5.41) is 0. The molecular weight excluding hydrogens is 146 g/mol. The maximum atomic E-state index is 4.19. The lowest BCUT2D eigenvalue weighted by Crippen LogP contribution is -2.07.